The second-order valence-electron chi connectivity index (χ2n) is 6.98. The third-order valence-corrected chi connectivity index (χ3v) is 5.39. The van der Waals surface area contributed by atoms with E-state index in [-0.39, 0.29) is 0 Å². The van der Waals surface area contributed by atoms with Gasteiger partial charge in [0.2, 0.25) is 0 Å². The molecule has 0 bridgehead atoms. The fourth-order valence-electron chi connectivity index (χ4n) is 4.02. The quantitative estimate of drug-likeness (QED) is 0.705. The van der Waals surface area contributed by atoms with E-state index >= 15 is 0 Å². The Labute approximate surface area is 126 Å². The zero-order valence-corrected chi connectivity index (χ0v) is 13.5. The van der Waals surface area contributed by atoms with E-state index in [9.17, 15) is 0 Å². The van der Waals surface area contributed by atoms with Gasteiger partial charge in [-0.1, -0.05) is 31.8 Å². The van der Waals surface area contributed by atoms with Gasteiger partial charge in [0.15, 0.2) is 0 Å². The van der Waals surface area contributed by atoms with Gasteiger partial charge in [0.1, 0.15) is 0 Å². The normalized spacial score (nSPS) is 25.2. The fourth-order valence-corrected chi connectivity index (χ4v) is 4.02. The van der Waals surface area contributed by atoms with Crippen molar-refractivity contribution in [3.63, 3.8) is 0 Å². The molecule has 0 spiro atoms. The Kier molecular flexibility index (Phi) is 6.57. The van der Waals surface area contributed by atoms with Crippen LogP contribution in [0.3, 0.4) is 0 Å². The molecular weight excluding hydrogens is 244 g/mol. The van der Waals surface area contributed by atoms with Crippen LogP contribution in [0.5, 0.6) is 0 Å². The Morgan fingerprint density at radius 3 is 2.40 bits per heavy atom. The van der Waals surface area contributed by atoms with Crippen LogP contribution in [0.15, 0.2) is 12.7 Å². The standard InChI is InChI=1S/C18H34N2/c1-3-4-11-17(2)19-16-18(12-7-5-8-13-18)20-14-9-6-10-15-20/h3,17,19H,1,4-16H2,2H3. The van der Waals surface area contributed by atoms with Crippen LogP contribution in [0.1, 0.15) is 71.1 Å². The summed E-state index contributed by atoms with van der Waals surface area (Å²) in [5.74, 6) is 0. The number of piperidine rings is 1. The number of hydrogen-bond donors (Lipinski definition) is 1. The van der Waals surface area contributed by atoms with Crippen molar-refractivity contribution < 1.29 is 0 Å². The van der Waals surface area contributed by atoms with Crippen molar-refractivity contribution in [3.05, 3.63) is 12.7 Å². The van der Waals surface area contributed by atoms with E-state index in [1.165, 1.54) is 77.4 Å². The second-order valence-corrected chi connectivity index (χ2v) is 6.98. The average molecular weight is 278 g/mol. The number of allylic oxidation sites excluding steroid dienone is 1. The molecule has 2 nitrogen and oxygen atoms in total. The second kappa shape index (κ2) is 8.19. The highest BCUT2D eigenvalue weighted by Crippen LogP contribution is 2.35. The molecule has 1 aliphatic carbocycles. The van der Waals surface area contributed by atoms with Gasteiger partial charge in [-0.05, 0) is 58.5 Å². The lowest BCUT2D eigenvalue weighted by molar-refractivity contribution is 0.0316. The van der Waals surface area contributed by atoms with E-state index < -0.39 is 0 Å². The molecule has 1 saturated heterocycles. The molecule has 1 N–H and O–H groups in total. The van der Waals surface area contributed by atoms with Gasteiger partial charge in [0.05, 0.1) is 0 Å². The van der Waals surface area contributed by atoms with Crippen molar-refractivity contribution in [2.75, 3.05) is 19.6 Å². The van der Waals surface area contributed by atoms with Gasteiger partial charge >= 0.3 is 0 Å². The first-order valence-electron chi connectivity index (χ1n) is 8.86. The van der Waals surface area contributed by atoms with Crippen molar-refractivity contribution >= 4 is 0 Å². The molecule has 0 aromatic carbocycles. The maximum Gasteiger partial charge on any atom is 0.0334 e. The largest absolute Gasteiger partial charge is 0.312 e. The average Bonchev–Trinajstić information content (AvgIpc) is 2.52. The summed E-state index contributed by atoms with van der Waals surface area (Å²) in [5.41, 5.74) is 0.473. The van der Waals surface area contributed by atoms with Gasteiger partial charge in [-0.2, -0.15) is 0 Å². The molecule has 2 aliphatic rings. The molecule has 1 saturated carbocycles. The first-order chi connectivity index (χ1) is 9.77. The molecule has 2 fully saturated rings. The smallest absolute Gasteiger partial charge is 0.0334 e. The Balaban J connectivity index is 1.90. The zero-order valence-electron chi connectivity index (χ0n) is 13.5. The molecule has 2 heteroatoms. The molecule has 116 valence electrons. The topological polar surface area (TPSA) is 15.3 Å². The molecule has 0 aromatic rings. The number of hydrogen-bond acceptors (Lipinski definition) is 2. The van der Waals surface area contributed by atoms with Crippen LogP contribution in [0.2, 0.25) is 0 Å². The van der Waals surface area contributed by atoms with Gasteiger partial charge in [0.25, 0.3) is 0 Å². The van der Waals surface area contributed by atoms with Gasteiger partial charge in [-0.15, -0.1) is 6.58 Å². The Bertz CT molecular complexity index is 275. The van der Waals surface area contributed by atoms with Crippen LogP contribution < -0.4 is 5.32 Å². The maximum absolute atomic E-state index is 3.84. The summed E-state index contributed by atoms with van der Waals surface area (Å²) in [7, 11) is 0. The van der Waals surface area contributed by atoms with Crippen LogP contribution in [-0.2, 0) is 0 Å². The van der Waals surface area contributed by atoms with Crippen molar-refractivity contribution in [2.45, 2.75) is 82.7 Å². The van der Waals surface area contributed by atoms with Gasteiger partial charge < -0.3 is 5.32 Å². The lowest BCUT2D eigenvalue weighted by atomic mass is 9.79. The summed E-state index contributed by atoms with van der Waals surface area (Å²) in [5, 5.41) is 3.84. The first kappa shape index (κ1) is 16.0. The lowest BCUT2D eigenvalue weighted by Gasteiger charge is -2.49. The third-order valence-electron chi connectivity index (χ3n) is 5.39. The molecule has 0 radical (unpaired) electrons. The number of nitrogens with zero attached hydrogens (tertiary/aromatic N) is 1. The molecule has 1 heterocycles. The fraction of sp³-hybridized carbons (Fsp3) is 0.889. The highest BCUT2D eigenvalue weighted by molar-refractivity contribution is 4.96. The Hall–Kier alpha value is -0.340. The summed E-state index contributed by atoms with van der Waals surface area (Å²) in [4.78, 5) is 2.84. The van der Waals surface area contributed by atoms with Crippen LogP contribution >= 0.6 is 0 Å². The van der Waals surface area contributed by atoms with E-state index in [4.69, 9.17) is 0 Å². The molecule has 20 heavy (non-hydrogen) atoms. The van der Waals surface area contributed by atoms with Crippen molar-refractivity contribution in [1.29, 1.82) is 0 Å². The van der Waals surface area contributed by atoms with Crippen molar-refractivity contribution in [1.82, 2.24) is 10.2 Å². The lowest BCUT2D eigenvalue weighted by Crippen LogP contribution is -2.58. The van der Waals surface area contributed by atoms with E-state index in [0.29, 0.717) is 11.6 Å². The molecule has 1 unspecified atom stereocenters. The van der Waals surface area contributed by atoms with E-state index in [1.807, 2.05) is 6.08 Å². The zero-order chi connectivity index (χ0) is 14.3. The van der Waals surface area contributed by atoms with Gasteiger partial charge in [0, 0.05) is 18.1 Å². The summed E-state index contributed by atoms with van der Waals surface area (Å²) in [6.07, 6.45) is 15.8. The molecule has 0 amide bonds. The van der Waals surface area contributed by atoms with Gasteiger partial charge in [-0.25, -0.2) is 0 Å². The molecular formula is C18H34N2. The van der Waals surface area contributed by atoms with Crippen LogP contribution in [0, 0.1) is 0 Å². The first-order valence-corrected chi connectivity index (χ1v) is 8.86. The van der Waals surface area contributed by atoms with Gasteiger partial charge in [-0.3, -0.25) is 4.90 Å². The van der Waals surface area contributed by atoms with Crippen LogP contribution in [0.25, 0.3) is 0 Å². The summed E-state index contributed by atoms with van der Waals surface area (Å²) in [6, 6.07) is 0.622. The molecule has 1 atom stereocenters. The number of rotatable bonds is 7. The van der Waals surface area contributed by atoms with E-state index in [2.05, 4.69) is 23.7 Å². The minimum absolute atomic E-state index is 0.473. The minimum Gasteiger partial charge on any atom is -0.312 e. The van der Waals surface area contributed by atoms with Crippen molar-refractivity contribution in [3.8, 4) is 0 Å². The van der Waals surface area contributed by atoms with Crippen LogP contribution in [0.4, 0.5) is 0 Å². The Morgan fingerprint density at radius 2 is 1.75 bits per heavy atom. The van der Waals surface area contributed by atoms with E-state index in [0.717, 1.165) is 6.42 Å². The minimum atomic E-state index is 0.473. The van der Waals surface area contributed by atoms with Crippen LogP contribution in [-0.4, -0.2) is 36.1 Å². The summed E-state index contributed by atoms with van der Waals surface area (Å²) >= 11 is 0. The predicted molar refractivity (Wildman–Crippen MR) is 88.1 cm³/mol. The highest BCUT2D eigenvalue weighted by atomic mass is 15.2. The monoisotopic (exact) mass is 278 g/mol. The number of nitrogens with one attached hydrogen (secondary N) is 1. The Morgan fingerprint density at radius 1 is 1.10 bits per heavy atom. The molecule has 1 aliphatic heterocycles. The SMILES string of the molecule is C=CCCC(C)NCC1(N2CCCCC2)CCCCC1. The van der Waals surface area contributed by atoms with E-state index in [1.54, 1.807) is 0 Å². The highest BCUT2D eigenvalue weighted by Gasteiger charge is 2.38. The maximum atomic E-state index is 3.84. The summed E-state index contributed by atoms with van der Waals surface area (Å²) in [6.45, 7) is 10.0. The predicted octanol–water partition coefficient (Wildman–Crippen LogP) is 4.12. The number of likely N-dealkylation sites (tertiary alicyclic amines) is 1. The third kappa shape index (κ3) is 4.33. The molecule has 2 rings (SSSR count). The molecule has 0 aromatic heterocycles. The summed E-state index contributed by atoms with van der Waals surface area (Å²) < 4.78 is 0. The van der Waals surface area contributed by atoms with Crippen molar-refractivity contribution in [2.24, 2.45) is 0 Å².